The van der Waals surface area contributed by atoms with E-state index in [1.807, 2.05) is 18.2 Å². The minimum absolute atomic E-state index is 0.0587. The van der Waals surface area contributed by atoms with Gasteiger partial charge in [-0.05, 0) is 24.0 Å². The van der Waals surface area contributed by atoms with Crippen LogP contribution in [0.2, 0.25) is 0 Å². The average Bonchev–Trinajstić information content (AvgIpc) is 2.97. The first-order valence-corrected chi connectivity index (χ1v) is 6.73. The third-order valence-corrected chi connectivity index (χ3v) is 4.19. The van der Waals surface area contributed by atoms with E-state index in [2.05, 4.69) is 16.4 Å². The van der Waals surface area contributed by atoms with Crippen LogP contribution in [-0.2, 0) is 12.6 Å². The predicted molar refractivity (Wildman–Crippen MR) is 68.2 cm³/mol. The fourth-order valence-electron chi connectivity index (χ4n) is 2.33. The Kier molecular flexibility index (Phi) is 2.97. The van der Waals surface area contributed by atoms with E-state index in [1.165, 1.54) is 5.56 Å². The van der Waals surface area contributed by atoms with Gasteiger partial charge in [0.25, 0.3) is 0 Å². The third kappa shape index (κ3) is 2.45. The minimum Gasteiger partial charge on any atom is -0.355 e. The lowest BCUT2D eigenvalue weighted by molar-refractivity contribution is -0.134. The number of rotatable bonds is 2. The Balaban J connectivity index is 1.78. The summed E-state index contributed by atoms with van der Waals surface area (Å²) in [5.41, 5.74) is 2.42. The number of hydrogen-bond donors (Lipinski definition) is 1. The molecule has 0 fully saturated rings. The number of anilines is 1. The van der Waals surface area contributed by atoms with Crippen molar-refractivity contribution in [1.82, 2.24) is 4.98 Å². The van der Waals surface area contributed by atoms with Gasteiger partial charge in [0.15, 0.2) is 5.13 Å². The molecule has 2 aromatic rings. The van der Waals surface area contributed by atoms with Gasteiger partial charge in [0, 0.05) is 0 Å². The Morgan fingerprint density at radius 3 is 2.79 bits per heavy atom. The lowest BCUT2D eigenvalue weighted by Gasteiger charge is -2.12. The predicted octanol–water partition coefficient (Wildman–Crippen LogP) is 4.26. The van der Waals surface area contributed by atoms with Gasteiger partial charge in [0.1, 0.15) is 4.88 Å². The first-order chi connectivity index (χ1) is 9.04. The van der Waals surface area contributed by atoms with E-state index in [4.69, 9.17) is 0 Å². The molecule has 1 aliphatic carbocycles. The zero-order chi connectivity index (χ0) is 13.5. The second-order valence-electron chi connectivity index (χ2n) is 4.46. The van der Waals surface area contributed by atoms with Crippen LogP contribution in [0.3, 0.4) is 0 Å². The molecule has 0 saturated heterocycles. The van der Waals surface area contributed by atoms with Crippen LogP contribution in [0.4, 0.5) is 18.3 Å². The molecule has 1 N–H and O–H groups in total. The number of nitrogens with one attached hydrogen (secondary N) is 1. The molecule has 1 unspecified atom stereocenters. The summed E-state index contributed by atoms with van der Waals surface area (Å²) in [5.74, 6) is 0. The quantitative estimate of drug-likeness (QED) is 0.891. The highest BCUT2D eigenvalue weighted by Gasteiger charge is 2.33. The first-order valence-electron chi connectivity index (χ1n) is 5.91. The molecule has 1 aliphatic rings. The Labute approximate surface area is 112 Å². The van der Waals surface area contributed by atoms with E-state index < -0.39 is 11.1 Å². The van der Waals surface area contributed by atoms with Crippen molar-refractivity contribution in [2.24, 2.45) is 0 Å². The van der Waals surface area contributed by atoms with Gasteiger partial charge in [0.2, 0.25) is 0 Å². The van der Waals surface area contributed by atoms with Crippen LogP contribution in [-0.4, -0.2) is 4.98 Å². The normalized spacial score (nSPS) is 18.4. The highest BCUT2D eigenvalue weighted by atomic mass is 32.1. The number of alkyl halides is 3. The van der Waals surface area contributed by atoms with Crippen LogP contribution in [0.5, 0.6) is 0 Å². The van der Waals surface area contributed by atoms with Crippen LogP contribution in [0.25, 0.3) is 0 Å². The number of thiazole rings is 1. The molecule has 0 bridgehead atoms. The molecule has 6 heteroatoms. The molecule has 1 atom stereocenters. The second-order valence-corrected chi connectivity index (χ2v) is 5.49. The van der Waals surface area contributed by atoms with Crippen molar-refractivity contribution in [3.63, 3.8) is 0 Å². The molecule has 0 aliphatic heterocycles. The number of hydrogen-bond acceptors (Lipinski definition) is 3. The molecular weight excluding hydrogens is 273 g/mol. The van der Waals surface area contributed by atoms with Crippen molar-refractivity contribution in [2.75, 3.05) is 5.32 Å². The maximum atomic E-state index is 12.5. The van der Waals surface area contributed by atoms with E-state index in [-0.39, 0.29) is 6.04 Å². The largest absolute Gasteiger partial charge is 0.427 e. The zero-order valence-electron chi connectivity index (χ0n) is 9.87. The van der Waals surface area contributed by atoms with Crippen LogP contribution >= 0.6 is 11.3 Å². The van der Waals surface area contributed by atoms with Crippen molar-refractivity contribution in [3.05, 3.63) is 46.5 Å². The fraction of sp³-hybridized carbons (Fsp3) is 0.308. The summed E-state index contributed by atoms with van der Waals surface area (Å²) in [6, 6.07) is 8.05. The summed E-state index contributed by atoms with van der Waals surface area (Å²) >= 11 is 0.654. The molecule has 19 heavy (non-hydrogen) atoms. The summed E-state index contributed by atoms with van der Waals surface area (Å²) in [6.07, 6.45) is -1.59. The van der Waals surface area contributed by atoms with Gasteiger partial charge in [-0.3, -0.25) is 0 Å². The van der Waals surface area contributed by atoms with Crippen LogP contribution < -0.4 is 5.32 Å². The van der Waals surface area contributed by atoms with E-state index in [1.54, 1.807) is 0 Å². The van der Waals surface area contributed by atoms with Gasteiger partial charge in [-0.1, -0.05) is 35.6 Å². The molecule has 1 heterocycles. The SMILES string of the molecule is FC(F)(F)c1cnc(NC2CCc3ccccc32)s1. The Bertz CT molecular complexity index is 592. The number of benzene rings is 1. The summed E-state index contributed by atoms with van der Waals surface area (Å²) in [4.78, 5) is 3.14. The lowest BCUT2D eigenvalue weighted by atomic mass is 10.1. The first kappa shape index (κ1) is 12.5. The number of aryl methyl sites for hydroxylation is 1. The molecule has 100 valence electrons. The maximum absolute atomic E-state index is 12.5. The van der Waals surface area contributed by atoms with Gasteiger partial charge in [-0.25, -0.2) is 4.98 Å². The van der Waals surface area contributed by atoms with Crippen LogP contribution in [0.15, 0.2) is 30.5 Å². The molecule has 0 saturated carbocycles. The lowest BCUT2D eigenvalue weighted by Crippen LogP contribution is -2.06. The number of nitrogens with zero attached hydrogens (tertiary/aromatic N) is 1. The Morgan fingerprint density at radius 1 is 1.26 bits per heavy atom. The molecule has 1 aromatic carbocycles. The topological polar surface area (TPSA) is 24.9 Å². The van der Waals surface area contributed by atoms with Crippen molar-refractivity contribution >= 4 is 16.5 Å². The summed E-state index contributed by atoms with van der Waals surface area (Å²) in [5, 5.41) is 3.42. The average molecular weight is 284 g/mol. The summed E-state index contributed by atoms with van der Waals surface area (Å²) in [7, 11) is 0. The number of fused-ring (bicyclic) bond motifs is 1. The highest BCUT2D eigenvalue weighted by molar-refractivity contribution is 7.15. The Morgan fingerprint density at radius 2 is 2.05 bits per heavy atom. The maximum Gasteiger partial charge on any atom is 0.427 e. The second kappa shape index (κ2) is 4.52. The summed E-state index contributed by atoms with van der Waals surface area (Å²) < 4.78 is 37.5. The highest BCUT2D eigenvalue weighted by Crippen LogP contribution is 2.38. The molecule has 0 radical (unpaired) electrons. The zero-order valence-corrected chi connectivity index (χ0v) is 10.7. The van der Waals surface area contributed by atoms with Crippen molar-refractivity contribution in [2.45, 2.75) is 25.1 Å². The fourth-order valence-corrected chi connectivity index (χ4v) is 3.06. The van der Waals surface area contributed by atoms with Gasteiger partial charge in [-0.2, -0.15) is 13.2 Å². The van der Waals surface area contributed by atoms with Gasteiger partial charge in [-0.15, -0.1) is 0 Å². The van der Waals surface area contributed by atoms with Crippen molar-refractivity contribution in [1.29, 1.82) is 0 Å². The van der Waals surface area contributed by atoms with Crippen molar-refractivity contribution < 1.29 is 13.2 Å². The smallest absolute Gasteiger partial charge is 0.355 e. The Hall–Kier alpha value is -1.56. The van der Waals surface area contributed by atoms with Crippen LogP contribution in [0.1, 0.15) is 28.5 Å². The number of aromatic nitrogens is 1. The molecule has 3 rings (SSSR count). The van der Waals surface area contributed by atoms with E-state index in [9.17, 15) is 13.2 Å². The number of halogens is 3. The van der Waals surface area contributed by atoms with E-state index in [0.717, 1.165) is 24.6 Å². The van der Waals surface area contributed by atoms with Crippen LogP contribution in [0, 0.1) is 0 Å². The van der Waals surface area contributed by atoms with Gasteiger partial charge in [0.05, 0.1) is 12.2 Å². The molecule has 2 nitrogen and oxygen atoms in total. The standard InChI is InChI=1S/C13H11F3N2S/c14-13(15,16)11-7-17-12(19-11)18-10-6-5-8-3-1-2-4-9(8)10/h1-4,7,10H,5-6H2,(H,17,18). The molecular formula is C13H11F3N2S. The molecule has 0 spiro atoms. The monoisotopic (exact) mass is 284 g/mol. The summed E-state index contributed by atoms with van der Waals surface area (Å²) in [6.45, 7) is 0. The van der Waals surface area contributed by atoms with Gasteiger partial charge >= 0.3 is 6.18 Å². The van der Waals surface area contributed by atoms with Crippen molar-refractivity contribution in [3.8, 4) is 0 Å². The van der Waals surface area contributed by atoms with E-state index in [0.29, 0.717) is 16.5 Å². The van der Waals surface area contributed by atoms with Gasteiger partial charge < -0.3 is 5.32 Å². The molecule has 0 amide bonds. The minimum atomic E-state index is -4.31. The molecule has 1 aromatic heterocycles. The third-order valence-electron chi connectivity index (χ3n) is 3.22. The van der Waals surface area contributed by atoms with E-state index >= 15 is 0 Å².